The molecule has 9 heteroatoms. The molecule has 2 aromatic rings. The van der Waals surface area contributed by atoms with Crippen molar-refractivity contribution in [1.29, 1.82) is 5.41 Å². The minimum atomic E-state index is -0.505. The molecule has 0 fully saturated rings. The first-order valence-electron chi connectivity index (χ1n) is 7.96. The summed E-state index contributed by atoms with van der Waals surface area (Å²) in [5.74, 6) is -0.850. The molecule has 0 saturated heterocycles. The Morgan fingerprint density at radius 2 is 1.50 bits per heavy atom. The third-order valence-electron chi connectivity index (χ3n) is 3.63. The SMILES string of the molecule is COC(=O)COc1ccc(C(=O)CNC(=O)c2ccc(C(=N)N)cc2)cc1.Cl. The molecule has 28 heavy (non-hydrogen) atoms. The normalized spacial score (nSPS) is 9.61. The number of carbonyl (C=O) groups is 3. The summed E-state index contributed by atoms with van der Waals surface area (Å²) in [5.41, 5.74) is 6.63. The molecule has 2 aromatic carbocycles. The lowest BCUT2D eigenvalue weighted by molar-refractivity contribution is -0.142. The Hall–Kier alpha value is -3.39. The van der Waals surface area contributed by atoms with Crippen molar-refractivity contribution >= 4 is 35.9 Å². The van der Waals surface area contributed by atoms with Crippen LogP contribution < -0.4 is 15.8 Å². The highest BCUT2D eigenvalue weighted by atomic mass is 35.5. The van der Waals surface area contributed by atoms with Crippen LogP contribution in [0.15, 0.2) is 48.5 Å². The number of nitrogens with two attached hydrogens (primary N) is 1. The van der Waals surface area contributed by atoms with Gasteiger partial charge >= 0.3 is 5.97 Å². The lowest BCUT2D eigenvalue weighted by Crippen LogP contribution is -2.29. The summed E-state index contributed by atoms with van der Waals surface area (Å²) in [5, 5.41) is 9.86. The molecule has 0 radical (unpaired) electrons. The van der Waals surface area contributed by atoms with Gasteiger partial charge < -0.3 is 20.5 Å². The van der Waals surface area contributed by atoms with E-state index < -0.39 is 11.9 Å². The van der Waals surface area contributed by atoms with Gasteiger partial charge in [0.1, 0.15) is 11.6 Å². The van der Waals surface area contributed by atoms with Gasteiger partial charge in [0, 0.05) is 16.7 Å². The fraction of sp³-hybridized carbons (Fsp3) is 0.158. The van der Waals surface area contributed by atoms with E-state index >= 15 is 0 Å². The summed E-state index contributed by atoms with van der Waals surface area (Å²) in [6.07, 6.45) is 0. The summed E-state index contributed by atoms with van der Waals surface area (Å²) >= 11 is 0. The largest absolute Gasteiger partial charge is 0.482 e. The number of carbonyl (C=O) groups excluding carboxylic acids is 3. The van der Waals surface area contributed by atoms with Crippen molar-refractivity contribution in [3.63, 3.8) is 0 Å². The smallest absolute Gasteiger partial charge is 0.343 e. The zero-order valence-corrected chi connectivity index (χ0v) is 15.9. The lowest BCUT2D eigenvalue weighted by atomic mass is 10.1. The van der Waals surface area contributed by atoms with Gasteiger partial charge in [-0.25, -0.2) is 4.79 Å². The van der Waals surface area contributed by atoms with Crippen molar-refractivity contribution in [2.75, 3.05) is 20.3 Å². The molecule has 2 rings (SSSR count). The standard InChI is InChI=1S/C19H19N3O5.ClH/c1-26-17(24)11-27-15-8-6-12(7-9-15)16(23)10-22-19(25)14-4-2-13(3-5-14)18(20)21;/h2-9H,10-11H2,1H3,(H3,20,21)(H,22,25);1H. The molecule has 0 atom stereocenters. The highest BCUT2D eigenvalue weighted by Crippen LogP contribution is 2.12. The van der Waals surface area contributed by atoms with Crippen LogP contribution in [-0.4, -0.2) is 43.8 Å². The van der Waals surface area contributed by atoms with E-state index in [9.17, 15) is 14.4 Å². The number of amidine groups is 1. The molecule has 0 aliphatic rings. The van der Waals surface area contributed by atoms with Gasteiger partial charge in [-0.3, -0.25) is 15.0 Å². The number of amides is 1. The molecule has 0 saturated carbocycles. The molecule has 148 valence electrons. The van der Waals surface area contributed by atoms with Crippen molar-refractivity contribution in [3.8, 4) is 5.75 Å². The zero-order valence-electron chi connectivity index (χ0n) is 15.1. The van der Waals surface area contributed by atoms with E-state index in [0.29, 0.717) is 22.4 Å². The third-order valence-corrected chi connectivity index (χ3v) is 3.63. The number of ketones is 1. The molecule has 1 amide bonds. The monoisotopic (exact) mass is 405 g/mol. The number of esters is 1. The number of nitrogens with one attached hydrogen (secondary N) is 2. The van der Waals surface area contributed by atoms with Crippen LogP contribution in [0.3, 0.4) is 0 Å². The zero-order chi connectivity index (χ0) is 19.8. The van der Waals surface area contributed by atoms with Crippen LogP contribution in [0.1, 0.15) is 26.3 Å². The second-order valence-corrected chi connectivity index (χ2v) is 5.49. The minimum Gasteiger partial charge on any atom is -0.482 e. The molecule has 0 bridgehead atoms. The van der Waals surface area contributed by atoms with Crippen LogP contribution in [0.25, 0.3) is 0 Å². The second kappa shape index (κ2) is 10.7. The molecule has 4 N–H and O–H groups in total. The Bertz CT molecular complexity index is 851. The van der Waals surface area contributed by atoms with E-state index in [-0.39, 0.29) is 37.2 Å². The van der Waals surface area contributed by atoms with Crippen LogP contribution in [-0.2, 0) is 9.53 Å². The van der Waals surface area contributed by atoms with E-state index in [4.69, 9.17) is 15.9 Å². The number of halogens is 1. The van der Waals surface area contributed by atoms with E-state index in [0.717, 1.165) is 0 Å². The quantitative estimate of drug-likeness (QED) is 0.264. The van der Waals surface area contributed by atoms with Crippen LogP contribution in [0.4, 0.5) is 0 Å². The number of Topliss-reactive ketones (excluding diaryl/α,β-unsaturated/α-hetero) is 1. The van der Waals surface area contributed by atoms with Crippen LogP contribution >= 0.6 is 12.4 Å². The highest BCUT2D eigenvalue weighted by molar-refractivity contribution is 6.02. The number of hydrogen-bond donors (Lipinski definition) is 3. The Morgan fingerprint density at radius 1 is 0.964 bits per heavy atom. The van der Waals surface area contributed by atoms with Gasteiger partial charge in [-0.1, -0.05) is 12.1 Å². The summed E-state index contributed by atoms with van der Waals surface area (Å²) < 4.78 is 9.66. The topological polar surface area (TPSA) is 132 Å². The average molecular weight is 406 g/mol. The van der Waals surface area contributed by atoms with Crippen LogP contribution in [0.2, 0.25) is 0 Å². The maximum absolute atomic E-state index is 12.2. The maximum atomic E-state index is 12.2. The van der Waals surface area contributed by atoms with Crippen molar-refractivity contribution in [1.82, 2.24) is 5.32 Å². The van der Waals surface area contributed by atoms with E-state index in [1.54, 1.807) is 36.4 Å². The van der Waals surface area contributed by atoms with Crippen LogP contribution in [0, 0.1) is 5.41 Å². The van der Waals surface area contributed by atoms with Gasteiger partial charge in [0.25, 0.3) is 5.91 Å². The van der Waals surface area contributed by atoms with Crippen molar-refractivity contribution in [3.05, 3.63) is 65.2 Å². The van der Waals surface area contributed by atoms with Crippen molar-refractivity contribution < 1.29 is 23.9 Å². The number of methoxy groups -OCH3 is 1. The molecule has 0 aromatic heterocycles. The van der Waals surface area contributed by atoms with Gasteiger partial charge in [0.2, 0.25) is 0 Å². The van der Waals surface area contributed by atoms with E-state index in [2.05, 4.69) is 10.1 Å². The van der Waals surface area contributed by atoms with Gasteiger partial charge in [-0.05, 0) is 36.4 Å². The molecular weight excluding hydrogens is 386 g/mol. The second-order valence-electron chi connectivity index (χ2n) is 5.49. The van der Waals surface area contributed by atoms with Gasteiger partial charge in [0.15, 0.2) is 12.4 Å². The molecule has 0 aliphatic carbocycles. The average Bonchev–Trinajstić information content (AvgIpc) is 2.70. The predicted molar refractivity (Wildman–Crippen MR) is 105 cm³/mol. The fourth-order valence-corrected chi connectivity index (χ4v) is 2.10. The number of nitrogen functional groups attached to an aromatic ring is 1. The molecule has 0 aliphatic heterocycles. The molecule has 0 heterocycles. The number of rotatable bonds is 8. The van der Waals surface area contributed by atoms with Crippen molar-refractivity contribution in [2.45, 2.75) is 0 Å². The molecule has 0 unspecified atom stereocenters. The van der Waals surface area contributed by atoms with Crippen LogP contribution in [0.5, 0.6) is 5.75 Å². The number of hydrogen-bond acceptors (Lipinski definition) is 6. The minimum absolute atomic E-state index is 0. The Labute approximate surface area is 167 Å². The maximum Gasteiger partial charge on any atom is 0.343 e. The Balaban J connectivity index is 0.00000392. The van der Waals surface area contributed by atoms with Gasteiger partial charge in [-0.15, -0.1) is 12.4 Å². The van der Waals surface area contributed by atoms with E-state index in [1.807, 2.05) is 0 Å². The summed E-state index contributed by atoms with van der Waals surface area (Å²) in [6.45, 7) is -0.391. The first kappa shape index (κ1) is 22.7. The Kier molecular flexibility index (Phi) is 8.64. The molecule has 0 spiro atoms. The van der Waals surface area contributed by atoms with Gasteiger partial charge in [-0.2, -0.15) is 0 Å². The molecule has 8 nitrogen and oxygen atoms in total. The van der Waals surface area contributed by atoms with E-state index in [1.165, 1.54) is 19.2 Å². The van der Waals surface area contributed by atoms with Gasteiger partial charge in [0.05, 0.1) is 13.7 Å². The third kappa shape index (κ3) is 6.40. The summed E-state index contributed by atoms with van der Waals surface area (Å²) in [7, 11) is 1.26. The number of ether oxygens (including phenoxy) is 2. The number of benzene rings is 2. The first-order valence-corrected chi connectivity index (χ1v) is 7.96. The fourth-order valence-electron chi connectivity index (χ4n) is 2.10. The lowest BCUT2D eigenvalue weighted by Gasteiger charge is -2.07. The summed E-state index contributed by atoms with van der Waals surface area (Å²) in [6, 6.07) is 12.4. The predicted octanol–water partition coefficient (Wildman–Crippen LogP) is 1.56. The highest BCUT2D eigenvalue weighted by Gasteiger charge is 2.11. The first-order chi connectivity index (χ1) is 12.9. The summed E-state index contributed by atoms with van der Waals surface area (Å²) in [4.78, 5) is 35.3. The van der Waals surface area contributed by atoms with Crippen molar-refractivity contribution in [2.24, 2.45) is 5.73 Å². The molecular formula is C19H20ClN3O5. The Morgan fingerprint density at radius 3 is 2.04 bits per heavy atom.